The molecule has 3 aromatic carbocycles. The molecule has 1 saturated carbocycles. The van der Waals surface area contributed by atoms with Gasteiger partial charge in [0, 0.05) is 5.56 Å². The molecule has 1 aliphatic rings. The molecule has 202 valence electrons. The Morgan fingerprint density at radius 2 is 1.87 bits per heavy atom. The van der Waals surface area contributed by atoms with Crippen LogP contribution in [-0.4, -0.2) is 18.2 Å². The molecule has 3 aromatic rings. The molecule has 4 nitrogen and oxygen atoms in total. The number of benzene rings is 3. The number of methoxy groups -OCH3 is 1. The largest absolute Gasteiger partial charge is 0.497 e. The standard InChI is InChI=1S/C33H39FO4/c1-5-23(19-32(35)36)24-9-8-10-26(18-24)38-21-22-12-14-27(29-20-25(37-4)13-15-31(29)34)28(17-22)30-11-6-7-16-33(30,2)3/h8-10,12-15,17-18,20,23,30H,5-7,11,16,19,21H2,1-4H3,(H,35,36)/t23-,30-/m0/s1. The summed E-state index contributed by atoms with van der Waals surface area (Å²) in [5, 5.41) is 9.26. The summed E-state index contributed by atoms with van der Waals surface area (Å²) in [7, 11) is 1.60. The van der Waals surface area contributed by atoms with Crippen molar-refractivity contribution >= 4 is 5.97 Å². The maximum absolute atomic E-state index is 15.1. The van der Waals surface area contributed by atoms with E-state index in [0.717, 1.165) is 47.9 Å². The molecule has 38 heavy (non-hydrogen) atoms. The average molecular weight is 519 g/mol. The quantitative estimate of drug-likeness (QED) is 0.291. The van der Waals surface area contributed by atoms with E-state index in [0.29, 0.717) is 29.6 Å². The Hall–Kier alpha value is -3.34. The Bertz CT molecular complexity index is 1270. The van der Waals surface area contributed by atoms with Gasteiger partial charge in [-0.3, -0.25) is 4.79 Å². The topological polar surface area (TPSA) is 55.8 Å². The van der Waals surface area contributed by atoms with Gasteiger partial charge in [0.2, 0.25) is 0 Å². The molecule has 1 fully saturated rings. The van der Waals surface area contributed by atoms with Crippen LogP contribution < -0.4 is 9.47 Å². The number of halogens is 1. The van der Waals surface area contributed by atoms with Crippen molar-refractivity contribution in [3.63, 3.8) is 0 Å². The van der Waals surface area contributed by atoms with Crippen LogP contribution in [0.3, 0.4) is 0 Å². The number of rotatable bonds is 10. The summed E-state index contributed by atoms with van der Waals surface area (Å²) in [4.78, 5) is 11.3. The van der Waals surface area contributed by atoms with Crippen molar-refractivity contribution < 1.29 is 23.8 Å². The minimum absolute atomic E-state index is 0.0479. The Morgan fingerprint density at radius 3 is 2.58 bits per heavy atom. The first-order valence-electron chi connectivity index (χ1n) is 13.6. The second kappa shape index (κ2) is 12.0. The van der Waals surface area contributed by atoms with E-state index in [4.69, 9.17) is 9.47 Å². The summed E-state index contributed by atoms with van der Waals surface area (Å²) < 4.78 is 26.7. The lowest BCUT2D eigenvalue weighted by atomic mass is 9.65. The van der Waals surface area contributed by atoms with Crippen LogP contribution in [0.15, 0.2) is 60.7 Å². The zero-order valence-corrected chi connectivity index (χ0v) is 22.9. The Kier molecular flexibility index (Phi) is 8.76. The minimum Gasteiger partial charge on any atom is -0.497 e. The molecule has 0 spiro atoms. The molecule has 0 radical (unpaired) electrons. The van der Waals surface area contributed by atoms with Crippen LogP contribution in [0.2, 0.25) is 0 Å². The number of carboxylic acid groups (broad SMARTS) is 1. The van der Waals surface area contributed by atoms with E-state index >= 15 is 4.39 Å². The van der Waals surface area contributed by atoms with Crippen LogP contribution in [0.1, 0.15) is 87.8 Å². The Labute approximate surface area is 225 Å². The molecule has 0 amide bonds. The van der Waals surface area contributed by atoms with Crippen LogP contribution in [0.5, 0.6) is 11.5 Å². The fraction of sp³-hybridized carbons (Fsp3) is 0.424. The molecule has 1 aliphatic carbocycles. The summed E-state index contributed by atoms with van der Waals surface area (Å²) in [6, 6.07) is 18.9. The van der Waals surface area contributed by atoms with E-state index in [-0.39, 0.29) is 23.6 Å². The van der Waals surface area contributed by atoms with Crippen molar-refractivity contribution in [1.29, 1.82) is 0 Å². The Balaban J connectivity index is 1.66. The first-order valence-corrected chi connectivity index (χ1v) is 13.6. The number of carbonyl (C=O) groups is 1. The van der Waals surface area contributed by atoms with Gasteiger partial charge in [-0.25, -0.2) is 4.39 Å². The zero-order valence-electron chi connectivity index (χ0n) is 22.9. The highest BCUT2D eigenvalue weighted by molar-refractivity contribution is 5.71. The fourth-order valence-electron chi connectivity index (χ4n) is 5.88. The third kappa shape index (κ3) is 6.38. The van der Waals surface area contributed by atoms with Gasteiger partial charge in [-0.1, -0.05) is 63.9 Å². The van der Waals surface area contributed by atoms with Gasteiger partial charge in [-0.15, -0.1) is 0 Å². The van der Waals surface area contributed by atoms with Crippen LogP contribution in [-0.2, 0) is 11.4 Å². The lowest BCUT2D eigenvalue weighted by molar-refractivity contribution is -0.137. The molecular formula is C33H39FO4. The molecule has 1 N–H and O–H groups in total. The molecule has 5 heteroatoms. The summed E-state index contributed by atoms with van der Waals surface area (Å²) in [6.45, 7) is 7.01. The number of hydrogen-bond acceptors (Lipinski definition) is 3. The van der Waals surface area contributed by atoms with Crippen molar-refractivity contribution in [2.24, 2.45) is 5.41 Å². The molecule has 0 aliphatic heterocycles. The molecule has 2 atom stereocenters. The SMILES string of the molecule is CC[C@@H](CC(=O)O)c1cccc(OCc2ccc(-c3cc(OC)ccc3F)c([C@@H]3CCCCC3(C)C)c2)c1. The van der Waals surface area contributed by atoms with Crippen molar-refractivity contribution in [2.45, 2.75) is 77.7 Å². The van der Waals surface area contributed by atoms with Gasteiger partial charge < -0.3 is 14.6 Å². The highest BCUT2D eigenvalue weighted by atomic mass is 19.1. The lowest BCUT2D eigenvalue weighted by Crippen LogP contribution is -2.26. The van der Waals surface area contributed by atoms with Crippen LogP contribution in [0.4, 0.5) is 4.39 Å². The molecule has 0 heterocycles. The maximum Gasteiger partial charge on any atom is 0.303 e. The molecule has 0 saturated heterocycles. The second-order valence-corrected chi connectivity index (χ2v) is 11.1. The average Bonchev–Trinajstić information content (AvgIpc) is 2.90. The van der Waals surface area contributed by atoms with Gasteiger partial charge in [0.05, 0.1) is 13.5 Å². The smallest absolute Gasteiger partial charge is 0.303 e. The third-order valence-corrected chi connectivity index (χ3v) is 8.11. The highest BCUT2D eigenvalue weighted by Crippen LogP contribution is 2.49. The number of aliphatic carboxylic acids is 1. The number of hydrogen-bond donors (Lipinski definition) is 1. The first kappa shape index (κ1) is 27.7. The van der Waals surface area contributed by atoms with E-state index < -0.39 is 5.97 Å². The molecule has 0 bridgehead atoms. The van der Waals surface area contributed by atoms with Gasteiger partial charge >= 0.3 is 5.97 Å². The van der Waals surface area contributed by atoms with Crippen molar-refractivity contribution in [3.05, 3.63) is 83.2 Å². The van der Waals surface area contributed by atoms with E-state index in [2.05, 4.69) is 19.9 Å². The maximum atomic E-state index is 15.1. The molecule has 0 unspecified atom stereocenters. The summed E-state index contributed by atoms with van der Waals surface area (Å²) in [6.07, 6.45) is 5.43. The number of ether oxygens (including phenoxy) is 2. The van der Waals surface area contributed by atoms with Crippen LogP contribution >= 0.6 is 0 Å². The third-order valence-electron chi connectivity index (χ3n) is 8.11. The summed E-state index contributed by atoms with van der Waals surface area (Å²) in [5.74, 6) is 0.557. The van der Waals surface area contributed by atoms with Gasteiger partial charge in [0.15, 0.2) is 0 Å². The molecule has 0 aromatic heterocycles. The fourth-order valence-corrected chi connectivity index (χ4v) is 5.88. The Morgan fingerprint density at radius 1 is 1.05 bits per heavy atom. The molecular weight excluding hydrogens is 479 g/mol. The first-order chi connectivity index (χ1) is 18.2. The monoisotopic (exact) mass is 518 g/mol. The predicted molar refractivity (Wildman–Crippen MR) is 149 cm³/mol. The highest BCUT2D eigenvalue weighted by Gasteiger charge is 2.35. The van der Waals surface area contributed by atoms with Gasteiger partial charge in [-0.2, -0.15) is 0 Å². The summed E-state index contributed by atoms with van der Waals surface area (Å²) in [5.41, 5.74) is 4.73. The van der Waals surface area contributed by atoms with Crippen molar-refractivity contribution in [1.82, 2.24) is 0 Å². The van der Waals surface area contributed by atoms with Gasteiger partial charge in [0.1, 0.15) is 23.9 Å². The van der Waals surface area contributed by atoms with Crippen LogP contribution in [0.25, 0.3) is 11.1 Å². The van der Waals surface area contributed by atoms with Gasteiger partial charge in [-0.05, 0) is 89.1 Å². The predicted octanol–water partition coefficient (Wildman–Crippen LogP) is 8.73. The van der Waals surface area contributed by atoms with Crippen LogP contribution in [0, 0.1) is 11.2 Å². The molecule has 4 rings (SSSR count). The zero-order chi connectivity index (χ0) is 27.3. The van der Waals surface area contributed by atoms with E-state index in [1.54, 1.807) is 19.2 Å². The minimum atomic E-state index is -0.797. The lowest BCUT2D eigenvalue weighted by Gasteiger charge is -2.40. The van der Waals surface area contributed by atoms with Crippen molar-refractivity contribution in [2.75, 3.05) is 7.11 Å². The van der Waals surface area contributed by atoms with E-state index in [1.165, 1.54) is 12.5 Å². The number of carboxylic acids is 1. The summed E-state index contributed by atoms with van der Waals surface area (Å²) >= 11 is 0. The van der Waals surface area contributed by atoms with Gasteiger partial charge in [0.25, 0.3) is 0 Å². The van der Waals surface area contributed by atoms with E-state index in [9.17, 15) is 9.90 Å². The normalized spacial score (nSPS) is 17.6. The van der Waals surface area contributed by atoms with Crippen molar-refractivity contribution in [3.8, 4) is 22.6 Å². The second-order valence-electron chi connectivity index (χ2n) is 11.1. The van der Waals surface area contributed by atoms with E-state index in [1.807, 2.05) is 43.3 Å².